The molecule has 0 aliphatic carbocycles. The molecule has 1 aliphatic heterocycles. The number of fused-ring (bicyclic) bond motifs is 1. The zero-order valence-corrected chi connectivity index (χ0v) is 17.1. The van der Waals surface area contributed by atoms with E-state index in [0.717, 1.165) is 40.9 Å². The number of hydrogen-bond donors (Lipinski definition) is 2. The molecule has 1 aromatic carbocycles. The Labute approximate surface area is 170 Å². The number of nitrogens with one attached hydrogen (secondary N) is 1. The lowest BCUT2D eigenvalue weighted by molar-refractivity contribution is 0.0240. The first kappa shape index (κ1) is 19.1. The third-order valence-corrected chi connectivity index (χ3v) is 5.01. The number of carbonyl (C=O) groups excluding carboxylic acids is 1. The predicted octanol–water partition coefficient (Wildman–Crippen LogP) is 3.87. The van der Waals surface area contributed by atoms with E-state index in [0.29, 0.717) is 18.8 Å². The maximum Gasteiger partial charge on any atom is 0.410 e. The number of aromatic amines is 1. The lowest BCUT2D eigenvalue weighted by Gasteiger charge is -2.36. The number of amides is 1. The Morgan fingerprint density at radius 2 is 1.93 bits per heavy atom. The molecule has 4 rings (SSSR count). The van der Waals surface area contributed by atoms with Crippen LogP contribution in [-0.2, 0) is 4.74 Å². The first-order valence-corrected chi connectivity index (χ1v) is 9.86. The molecule has 1 fully saturated rings. The van der Waals surface area contributed by atoms with Gasteiger partial charge in [0.05, 0.1) is 11.9 Å². The van der Waals surface area contributed by atoms with Gasteiger partial charge in [-0.3, -0.25) is 0 Å². The highest BCUT2D eigenvalue weighted by molar-refractivity contribution is 5.95. The number of carbonyl (C=O) groups is 1. The van der Waals surface area contributed by atoms with E-state index in [1.54, 1.807) is 11.1 Å². The van der Waals surface area contributed by atoms with Gasteiger partial charge in [0, 0.05) is 49.0 Å². The van der Waals surface area contributed by atoms with Crippen LogP contribution >= 0.6 is 0 Å². The number of nitrogens with zero attached hydrogens (tertiary/aromatic N) is 3. The third kappa shape index (κ3) is 4.13. The van der Waals surface area contributed by atoms with Crippen molar-refractivity contribution in [2.45, 2.75) is 26.4 Å². The number of pyridine rings is 1. The molecule has 0 saturated carbocycles. The monoisotopic (exact) mass is 393 g/mol. The van der Waals surface area contributed by atoms with Gasteiger partial charge in [-0.25, -0.2) is 9.78 Å². The van der Waals surface area contributed by atoms with Crippen molar-refractivity contribution in [2.75, 3.05) is 36.8 Å². The van der Waals surface area contributed by atoms with Crippen LogP contribution in [0.4, 0.5) is 16.2 Å². The van der Waals surface area contributed by atoms with Gasteiger partial charge in [0.15, 0.2) is 0 Å². The average molecular weight is 393 g/mol. The molecule has 3 N–H and O–H groups in total. The largest absolute Gasteiger partial charge is 0.444 e. The maximum atomic E-state index is 12.3. The van der Waals surface area contributed by atoms with E-state index in [4.69, 9.17) is 10.5 Å². The van der Waals surface area contributed by atoms with Crippen molar-refractivity contribution in [3.63, 3.8) is 0 Å². The van der Waals surface area contributed by atoms with E-state index in [9.17, 15) is 4.79 Å². The first-order valence-electron chi connectivity index (χ1n) is 9.86. The Morgan fingerprint density at radius 1 is 1.17 bits per heavy atom. The van der Waals surface area contributed by atoms with Crippen molar-refractivity contribution >= 4 is 28.5 Å². The molecule has 0 radical (unpaired) electrons. The van der Waals surface area contributed by atoms with Crippen LogP contribution < -0.4 is 10.6 Å². The summed E-state index contributed by atoms with van der Waals surface area (Å²) in [6.07, 6.45) is 3.38. The molecule has 0 unspecified atom stereocenters. The summed E-state index contributed by atoms with van der Waals surface area (Å²) in [4.78, 5) is 23.9. The molecule has 1 saturated heterocycles. The molecular formula is C22H27N5O2. The fourth-order valence-electron chi connectivity index (χ4n) is 3.60. The van der Waals surface area contributed by atoms with Crippen LogP contribution in [0, 0.1) is 0 Å². The van der Waals surface area contributed by atoms with Gasteiger partial charge in [0.2, 0.25) is 0 Å². The summed E-state index contributed by atoms with van der Waals surface area (Å²) in [6.45, 7) is 8.50. The van der Waals surface area contributed by atoms with Gasteiger partial charge >= 0.3 is 6.09 Å². The predicted molar refractivity (Wildman–Crippen MR) is 116 cm³/mol. The number of ether oxygens (including phenoxy) is 1. The second kappa shape index (κ2) is 7.31. The topological polar surface area (TPSA) is 87.5 Å². The molecule has 0 spiro atoms. The smallest absolute Gasteiger partial charge is 0.410 e. The van der Waals surface area contributed by atoms with Crippen LogP contribution in [0.5, 0.6) is 0 Å². The minimum absolute atomic E-state index is 0.241. The minimum atomic E-state index is -0.472. The van der Waals surface area contributed by atoms with E-state index in [2.05, 4.69) is 39.1 Å². The second-order valence-electron chi connectivity index (χ2n) is 8.37. The van der Waals surface area contributed by atoms with Gasteiger partial charge in [-0.2, -0.15) is 0 Å². The Morgan fingerprint density at radius 3 is 2.66 bits per heavy atom. The zero-order chi connectivity index (χ0) is 20.6. The highest BCUT2D eigenvalue weighted by Gasteiger charge is 2.26. The Kier molecular flexibility index (Phi) is 4.82. The van der Waals surface area contributed by atoms with Gasteiger partial charge in [-0.1, -0.05) is 12.1 Å². The summed E-state index contributed by atoms with van der Waals surface area (Å²) >= 11 is 0. The summed E-state index contributed by atoms with van der Waals surface area (Å²) < 4.78 is 5.49. The summed E-state index contributed by atoms with van der Waals surface area (Å²) in [5, 5.41) is 1.01. The van der Waals surface area contributed by atoms with Crippen LogP contribution in [0.2, 0.25) is 0 Å². The van der Waals surface area contributed by atoms with Crippen molar-refractivity contribution in [2.24, 2.45) is 0 Å². The summed E-state index contributed by atoms with van der Waals surface area (Å²) in [6, 6.07) is 10.4. The Hall–Kier alpha value is -3.22. The van der Waals surface area contributed by atoms with E-state index < -0.39 is 5.60 Å². The van der Waals surface area contributed by atoms with E-state index >= 15 is 0 Å². The molecule has 152 valence electrons. The van der Waals surface area contributed by atoms with Gasteiger partial charge in [-0.15, -0.1) is 0 Å². The number of nitrogens with two attached hydrogens (primary N) is 1. The molecule has 29 heavy (non-hydrogen) atoms. The molecule has 1 aliphatic rings. The van der Waals surface area contributed by atoms with Crippen molar-refractivity contribution < 1.29 is 9.53 Å². The van der Waals surface area contributed by atoms with E-state index in [1.165, 1.54) is 0 Å². The van der Waals surface area contributed by atoms with Crippen LogP contribution in [0.1, 0.15) is 20.8 Å². The number of piperazine rings is 1. The molecule has 7 nitrogen and oxygen atoms in total. The molecule has 1 amide bonds. The molecule has 7 heteroatoms. The third-order valence-electron chi connectivity index (χ3n) is 5.01. The Balaban J connectivity index is 1.50. The van der Waals surface area contributed by atoms with Crippen molar-refractivity contribution in [3.05, 3.63) is 42.7 Å². The fraction of sp³-hybridized carbons (Fsp3) is 0.364. The lowest BCUT2D eigenvalue weighted by Crippen LogP contribution is -2.50. The molecule has 3 heterocycles. The van der Waals surface area contributed by atoms with Crippen molar-refractivity contribution in [1.82, 2.24) is 14.9 Å². The van der Waals surface area contributed by atoms with Crippen LogP contribution in [0.25, 0.3) is 22.2 Å². The summed E-state index contributed by atoms with van der Waals surface area (Å²) in [7, 11) is 0. The molecular weight excluding hydrogens is 366 g/mol. The van der Waals surface area contributed by atoms with Gasteiger partial charge in [0.25, 0.3) is 0 Å². The summed E-state index contributed by atoms with van der Waals surface area (Å²) in [5.74, 6) is 0. The van der Waals surface area contributed by atoms with Crippen LogP contribution in [-0.4, -0.2) is 52.7 Å². The minimum Gasteiger partial charge on any atom is -0.444 e. The normalized spacial score (nSPS) is 15.0. The fourth-order valence-corrected chi connectivity index (χ4v) is 3.60. The number of aromatic nitrogens is 2. The molecule has 0 atom stereocenters. The van der Waals surface area contributed by atoms with Crippen molar-refractivity contribution in [3.8, 4) is 11.1 Å². The van der Waals surface area contributed by atoms with Crippen LogP contribution in [0.3, 0.4) is 0 Å². The average Bonchev–Trinajstić information content (AvgIpc) is 3.10. The van der Waals surface area contributed by atoms with Crippen molar-refractivity contribution in [1.29, 1.82) is 0 Å². The van der Waals surface area contributed by atoms with Gasteiger partial charge < -0.3 is 25.3 Å². The van der Waals surface area contributed by atoms with Gasteiger partial charge in [0.1, 0.15) is 11.2 Å². The quantitative estimate of drug-likeness (QED) is 0.690. The number of rotatable bonds is 2. The first-order chi connectivity index (χ1) is 13.8. The summed E-state index contributed by atoms with van der Waals surface area (Å²) in [5.41, 5.74) is 10.2. The molecule has 3 aromatic rings. The van der Waals surface area contributed by atoms with E-state index in [1.807, 2.05) is 33.0 Å². The van der Waals surface area contributed by atoms with Crippen LogP contribution in [0.15, 0.2) is 42.7 Å². The highest BCUT2D eigenvalue weighted by atomic mass is 16.6. The van der Waals surface area contributed by atoms with Gasteiger partial charge in [-0.05, 0) is 44.5 Å². The number of benzene rings is 1. The van der Waals surface area contributed by atoms with E-state index in [-0.39, 0.29) is 6.09 Å². The maximum absolute atomic E-state index is 12.3. The number of nitrogen functional groups attached to an aromatic ring is 1. The highest BCUT2D eigenvalue weighted by Crippen LogP contribution is 2.31. The lowest BCUT2D eigenvalue weighted by atomic mass is 10.0. The number of anilines is 2. The SMILES string of the molecule is CC(C)(C)OC(=O)N1CCN(c2cccc(-c3c[nH]c4ncc(N)cc34)c2)CC1. The second-order valence-corrected chi connectivity index (χ2v) is 8.37. The standard InChI is InChI=1S/C22H27N5O2/c1-22(2,3)29-21(28)27-9-7-26(8-10-27)17-6-4-5-15(11-17)19-14-25-20-18(19)12-16(23)13-24-20/h4-6,11-14H,7-10,23H2,1-3H3,(H,24,25). The number of hydrogen-bond acceptors (Lipinski definition) is 5. The zero-order valence-electron chi connectivity index (χ0n) is 17.1. The molecule has 0 bridgehead atoms. The Bertz CT molecular complexity index is 1030. The number of H-pyrrole nitrogens is 1. The molecule has 2 aromatic heterocycles.